The van der Waals surface area contributed by atoms with Gasteiger partial charge in [0.05, 0.1) is 19.5 Å². The van der Waals surface area contributed by atoms with Crippen LogP contribution in [0, 0.1) is 0 Å². The first-order chi connectivity index (χ1) is 12.2. The van der Waals surface area contributed by atoms with Crippen LogP contribution in [0.1, 0.15) is 32.2 Å². The van der Waals surface area contributed by atoms with Crippen LogP contribution in [0.4, 0.5) is 4.79 Å². The van der Waals surface area contributed by atoms with Crippen molar-refractivity contribution in [2.45, 2.75) is 38.3 Å². The molecule has 3 rings (SSSR count). The Labute approximate surface area is 148 Å². The van der Waals surface area contributed by atoms with E-state index in [9.17, 15) is 9.59 Å². The molecule has 0 aliphatic carbocycles. The highest BCUT2D eigenvalue weighted by Gasteiger charge is 2.29. The number of morpholine rings is 1. The van der Waals surface area contributed by atoms with Crippen LogP contribution >= 0.6 is 0 Å². The van der Waals surface area contributed by atoms with Crippen molar-refractivity contribution in [1.82, 2.24) is 24.7 Å². The third-order valence-corrected chi connectivity index (χ3v) is 5.03. The van der Waals surface area contributed by atoms with Gasteiger partial charge in [-0.3, -0.25) is 4.79 Å². The summed E-state index contributed by atoms with van der Waals surface area (Å²) in [7, 11) is 0. The van der Waals surface area contributed by atoms with Gasteiger partial charge in [-0.05, 0) is 19.3 Å². The summed E-state index contributed by atoms with van der Waals surface area (Å²) in [6, 6.07) is -0.210. The largest absolute Gasteiger partial charge is 0.378 e. The highest BCUT2D eigenvalue weighted by Crippen LogP contribution is 2.22. The van der Waals surface area contributed by atoms with Crippen LogP contribution in [-0.4, -0.2) is 76.7 Å². The van der Waals surface area contributed by atoms with Crippen LogP contribution < -0.4 is 5.32 Å². The summed E-state index contributed by atoms with van der Waals surface area (Å²) in [5.74, 6) is -0.00699. The molecule has 3 heterocycles. The van der Waals surface area contributed by atoms with Gasteiger partial charge in [-0.1, -0.05) is 6.92 Å². The lowest BCUT2D eigenvalue weighted by Crippen LogP contribution is -2.55. The van der Waals surface area contributed by atoms with E-state index in [-0.39, 0.29) is 11.9 Å². The Bertz CT molecular complexity index is 563. The van der Waals surface area contributed by atoms with Crippen LogP contribution in [0.2, 0.25) is 0 Å². The standard InChI is InChI=1S/C17H27N5O3/c1-2-15(16(23)20-9-11-25-12-10-20)19-17(24)21-6-3-14(4-7-21)22-8-5-18-13-22/h5,8,13-15H,2-4,6-7,9-12H2,1H3,(H,19,24). The summed E-state index contributed by atoms with van der Waals surface area (Å²) in [6.45, 7) is 5.64. The predicted octanol–water partition coefficient (Wildman–Crippen LogP) is 0.867. The number of nitrogens with zero attached hydrogens (tertiary/aromatic N) is 4. The van der Waals surface area contributed by atoms with E-state index in [0.717, 1.165) is 12.8 Å². The van der Waals surface area contributed by atoms with E-state index in [1.54, 1.807) is 11.1 Å². The third kappa shape index (κ3) is 4.31. The van der Waals surface area contributed by atoms with Gasteiger partial charge in [-0.2, -0.15) is 0 Å². The third-order valence-electron chi connectivity index (χ3n) is 5.03. The number of hydrogen-bond donors (Lipinski definition) is 1. The molecule has 138 valence electrons. The summed E-state index contributed by atoms with van der Waals surface area (Å²) in [5, 5.41) is 2.92. The van der Waals surface area contributed by atoms with E-state index in [1.165, 1.54) is 0 Å². The van der Waals surface area contributed by atoms with E-state index in [0.29, 0.717) is 51.9 Å². The number of piperidine rings is 1. The number of hydrogen-bond acceptors (Lipinski definition) is 4. The molecular formula is C17H27N5O3. The second-order valence-corrected chi connectivity index (χ2v) is 6.58. The van der Waals surface area contributed by atoms with Gasteiger partial charge in [0.1, 0.15) is 6.04 Å². The first-order valence-electron chi connectivity index (χ1n) is 9.08. The SMILES string of the molecule is CCC(NC(=O)N1CCC(n2ccnc2)CC1)C(=O)N1CCOCC1. The lowest BCUT2D eigenvalue weighted by Gasteiger charge is -2.34. The van der Waals surface area contributed by atoms with E-state index in [4.69, 9.17) is 4.74 Å². The minimum Gasteiger partial charge on any atom is -0.378 e. The van der Waals surface area contributed by atoms with Crippen LogP contribution in [0.5, 0.6) is 0 Å². The number of carbonyl (C=O) groups is 2. The Morgan fingerprint density at radius 2 is 1.92 bits per heavy atom. The molecule has 8 heteroatoms. The molecule has 0 aromatic carbocycles. The van der Waals surface area contributed by atoms with Gasteiger partial charge in [0.25, 0.3) is 0 Å². The van der Waals surface area contributed by atoms with Crippen LogP contribution in [0.15, 0.2) is 18.7 Å². The fourth-order valence-corrected chi connectivity index (χ4v) is 3.44. The molecule has 2 aliphatic rings. The first-order valence-corrected chi connectivity index (χ1v) is 9.08. The monoisotopic (exact) mass is 349 g/mol. The van der Waals surface area contributed by atoms with Crippen molar-refractivity contribution in [3.05, 3.63) is 18.7 Å². The topological polar surface area (TPSA) is 79.7 Å². The molecule has 0 spiro atoms. The van der Waals surface area contributed by atoms with Gasteiger partial charge >= 0.3 is 6.03 Å². The zero-order valence-corrected chi connectivity index (χ0v) is 14.8. The fraction of sp³-hybridized carbons (Fsp3) is 0.706. The molecule has 1 aromatic rings. The maximum Gasteiger partial charge on any atom is 0.318 e. The van der Waals surface area contributed by atoms with Gasteiger partial charge in [-0.25, -0.2) is 9.78 Å². The Balaban J connectivity index is 1.49. The quantitative estimate of drug-likeness (QED) is 0.875. The molecule has 0 radical (unpaired) electrons. The predicted molar refractivity (Wildman–Crippen MR) is 92.1 cm³/mol. The molecule has 1 aromatic heterocycles. The lowest BCUT2D eigenvalue weighted by atomic mass is 10.1. The lowest BCUT2D eigenvalue weighted by molar-refractivity contribution is -0.137. The summed E-state index contributed by atoms with van der Waals surface area (Å²) in [5.41, 5.74) is 0. The molecule has 2 fully saturated rings. The molecule has 0 saturated carbocycles. The number of likely N-dealkylation sites (tertiary alicyclic amines) is 1. The van der Waals surface area contributed by atoms with Crippen molar-refractivity contribution >= 4 is 11.9 Å². The maximum absolute atomic E-state index is 12.6. The first kappa shape index (κ1) is 17.7. The minimum absolute atomic E-state index is 0.00699. The average Bonchev–Trinajstić information content (AvgIpc) is 3.21. The minimum atomic E-state index is -0.461. The molecule has 1 atom stereocenters. The van der Waals surface area contributed by atoms with E-state index >= 15 is 0 Å². The fourth-order valence-electron chi connectivity index (χ4n) is 3.44. The molecule has 1 N–H and O–H groups in total. The normalized spacial score (nSPS) is 20.4. The molecule has 0 bridgehead atoms. The van der Waals surface area contributed by atoms with E-state index in [1.807, 2.05) is 24.3 Å². The number of amides is 3. The van der Waals surface area contributed by atoms with Gasteiger partial charge in [0.15, 0.2) is 0 Å². The Morgan fingerprint density at radius 1 is 1.20 bits per heavy atom. The number of nitrogens with one attached hydrogen (secondary N) is 1. The molecule has 3 amide bonds. The summed E-state index contributed by atoms with van der Waals surface area (Å²) in [4.78, 5) is 32.8. The van der Waals surface area contributed by atoms with Gasteiger partial charge in [0, 0.05) is 44.6 Å². The Hall–Kier alpha value is -2.09. The van der Waals surface area contributed by atoms with Crippen molar-refractivity contribution in [2.24, 2.45) is 0 Å². The Morgan fingerprint density at radius 3 is 2.52 bits per heavy atom. The van der Waals surface area contributed by atoms with Crippen LogP contribution in [0.25, 0.3) is 0 Å². The van der Waals surface area contributed by atoms with Gasteiger partial charge in [-0.15, -0.1) is 0 Å². The number of aromatic nitrogens is 2. The summed E-state index contributed by atoms with van der Waals surface area (Å²) < 4.78 is 7.39. The Kier molecular flexibility index (Phi) is 5.91. The van der Waals surface area contributed by atoms with E-state index in [2.05, 4.69) is 14.9 Å². The van der Waals surface area contributed by atoms with Crippen molar-refractivity contribution < 1.29 is 14.3 Å². The second-order valence-electron chi connectivity index (χ2n) is 6.58. The molecule has 2 aliphatic heterocycles. The molecule has 2 saturated heterocycles. The van der Waals surface area contributed by atoms with E-state index < -0.39 is 6.04 Å². The molecular weight excluding hydrogens is 322 g/mol. The molecule has 1 unspecified atom stereocenters. The van der Waals surface area contributed by atoms with Gasteiger partial charge < -0.3 is 24.4 Å². The highest BCUT2D eigenvalue weighted by molar-refractivity contribution is 5.87. The number of urea groups is 1. The average molecular weight is 349 g/mol. The number of carbonyl (C=O) groups excluding carboxylic acids is 2. The molecule has 25 heavy (non-hydrogen) atoms. The van der Waals surface area contributed by atoms with Crippen molar-refractivity contribution in [3.63, 3.8) is 0 Å². The summed E-state index contributed by atoms with van der Waals surface area (Å²) >= 11 is 0. The molecule has 8 nitrogen and oxygen atoms in total. The van der Waals surface area contributed by atoms with Crippen molar-refractivity contribution in [3.8, 4) is 0 Å². The smallest absolute Gasteiger partial charge is 0.318 e. The maximum atomic E-state index is 12.6. The van der Waals surface area contributed by atoms with Crippen LogP contribution in [0.3, 0.4) is 0 Å². The number of imidazole rings is 1. The van der Waals surface area contributed by atoms with Crippen molar-refractivity contribution in [2.75, 3.05) is 39.4 Å². The van der Waals surface area contributed by atoms with Gasteiger partial charge in [0.2, 0.25) is 5.91 Å². The zero-order valence-electron chi connectivity index (χ0n) is 14.8. The zero-order chi connectivity index (χ0) is 17.6. The number of ether oxygens (including phenoxy) is 1. The second kappa shape index (κ2) is 8.33. The number of rotatable bonds is 4. The highest BCUT2D eigenvalue weighted by atomic mass is 16.5. The van der Waals surface area contributed by atoms with Crippen molar-refractivity contribution in [1.29, 1.82) is 0 Å². The summed E-state index contributed by atoms with van der Waals surface area (Å²) in [6.07, 6.45) is 7.97. The van der Waals surface area contributed by atoms with Crippen LogP contribution in [-0.2, 0) is 9.53 Å².